The van der Waals surface area contributed by atoms with Crippen molar-refractivity contribution in [1.82, 2.24) is 4.90 Å². The largest absolute Gasteiger partial charge is 0.484 e. The zero-order valence-corrected chi connectivity index (χ0v) is 13.4. The first-order chi connectivity index (χ1) is 11.1. The van der Waals surface area contributed by atoms with Crippen LogP contribution in [0, 0.1) is 0 Å². The van der Waals surface area contributed by atoms with Crippen molar-refractivity contribution in [2.45, 2.75) is 38.3 Å². The maximum Gasteiger partial charge on any atom is 0.260 e. The van der Waals surface area contributed by atoms with Crippen LogP contribution in [0.1, 0.15) is 26.2 Å². The minimum absolute atomic E-state index is 0.0154. The van der Waals surface area contributed by atoms with Gasteiger partial charge in [-0.1, -0.05) is 30.3 Å². The van der Waals surface area contributed by atoms with Gasteiger partial charge in [0, 0.05) is 6.54 Å². The summed E-state index contributed by atoms with van der Waals surface area (Å²) >= 11 is 0. The van der Waals surface area contributed by atoms with Gasteiger partial charge in [0.2, 0.25) is 0 Å². The molecule has 122 valence electrons. The number of benzene rings is 2. The van der Waals surface area contributed by atoms with E-state index in [2.05, 4.69) is 0 Å². The van der Waals surface area contributed by atoms with Gasteiger partial charge in [-0.2, -0.15) is 0 Å². The highest BCUT2D eigenvalue weighted by atomic mass is 16.5. The molecule has 4 nitrogen and oxygen atoms in total. The highest BCUT2D eigenvalue weighted by molar-refractivity contribution is 5.84. The number of amides is 1. The molecule has 4 heteroatoms. The molecule has 0 spiro atoms. The molecule has 3 rings (SSSR count). The number of likely N-dealkylation sites (tertiary alicyclic amines) is 1. The second-order valence-electron chi connectivity index (χ2n) is 6.19. The summed E-state index contributed by atoms with van der Waals surface area (Å²) in [6, 6.07) is 13.8. The summed E-state index contributed by atoms with van der Waals surface area (Å²) in [6.07, 6.45) is 2.41. The van der Waals surface area contributed by atoms with Crippen molar-refractivity contribution in [3.05, 3.63) is 42.5 Å². The first kappa shape index (κ1) is 15.8. The van der Waals surface area contributed by atoms with E-state index >= 15 is 0 Å². The number of ether oxygens (including phenoxy) is 1. The third-order valence-electron chi connectivity index (χ3n) is 4.51. The molecular weight excluding hydrogens is 290 g/mol. The molecule has 1 N–H and O–H groups in total. The summed E-state index contributed by atoms with van der Waals surface area (Å²) in [5, 5.41) is 12.1. The summed E-state index contributed by atoms with van der Waals surface area (Å²) in [5.74, 6) is 0.645. The lowest BCUT2D eigenvalue weighted by Crippen LogP contribution is -2.50. The molecule has 1 aliphatic rings. The molecule has 2 aromatic carbocycles. The summed E-state index contributed by atoms with van der Waals surface area (Å²) in [6.45, 7) is 2.47. The van der Waals surface area contributed by atoms with Crippen molar-refractivity contribution >= 4 is 16.7 Å². The second kappa shape index (κ2) is 7.01. The van der Waals surface area contributed by atoms with Gasteiger partial charge in [0.25, 0.3) is 5.91 Å². The number of fused-ring (bicyclic) bond motifs is 1. The van der Waals surface area contributed by atoms with Gasteiger partial charge < -0.3 is 14.7 Å². The normalized spacial score (nSPS) is 19.6. The van der Waals surface area contributed by atoms with E-state index in [1.807, 2.05) is 42.5 Å². The van der Waals surface area contributed by atoms with E-state index in [1.54, 1.807) is 11.8 Å². The van der Waals surface area contributed by atoms with Gasteiger partial charge in [0.05, 0.1) is 12.1 Å². The molecule has 2 atom stereocenters. The summed E-state index contributed by atoms with van der Waals surface area (Å²) < 4.78 is 5.68. The fourth-order valence-corrected chi connectivity index (χ4v) is 3.25. The maximum atomic E-state index is 12.4. The first-order valence-electron chi connectivity index (χ1n) is 8.24. The van der Waals surface area contributed by atoms with Crippen LogP contribution in [0.3, 0.4) is 0 Å². The number of carbonyl (C=O) groups is 1. The first-order valence-corrected chi connectivity index (χ1v) is 8.24. The van der Waals surface area contributed by atoms with Crippen molar-refractivity contribution in [3.63, 3.8) is 0 Å². The maximum absolute atomic E-state index is 12.4. The molecular formula is C19H23NO3. The third kappa shape index (κ3) is 3.64. The molecule has 0 radical (unpaired) electrons. The Morgan fingerprint density at radius 1 is 1.26 bits per heavy atom. The van der Waals surface area contributed by atoms with Crippen molar-refractivity contribution in [2.24, 2.45) is 0 Å². The number of rotatable bonds is 4. The summed E-state index contributed by atoms with van der Waals surface area (Å²) in [7, 11) is 0. The topological polar surface area (TPSA) is 49.8 Å². The number of piperidine rings is 1. The molecule has 0 saturated carbocycles. The van der Waals surface area contributed by atoms with Gasteiger partial charge in [-0.05, 0) is 49.1 Å². The number of carbonyl (C=O) groups excluding carboxylic acids is 1. The quantitative estimate of drug-likeness (QED) is 0.944. The number of aliphatic hydroxyl groups is 1. The van der Waals surface area contributed by atoms with Gasteiger partial charge in [0.1, 0.15) is 5.75 Å². The molecule has 1 heterocycles. The summed E-state index contributed by atoms with van der Waals surface area (Å²) in [5.41, 5.74) is 0. The molecule has 1 amide bonds. The van der Waals surface area contributed by atoms with Gasteiger partial charge in [-0.3, -0.25) is 4.79 Å². The minimum atomic E-state index is -0.500. The minimum Gasteiger partial charge on any atom is -0.484 e. The van der Waals surface area contributed by atoms with E-state index in [1.165, 1.54) is 0 Å². The van der Waals surface area contributed by atoms with Gasteiger partial charge in [0.15, 0.2) is 6.61 Å². The van der Waals surface area contributed by atoms with E-state index in [4.69, 9.17) is 4.74 Å². The Labute approximate surface area is 136 Å². The van der Waals surface area contributed by atoms with Crippen LogP contribution in [-0.2, 0) is 4.79 Å². The van der Waals surface area contributed by atoms with Gasteiger partial charge in [-0.25, -0.2) is 0 Å². The van der Waals surface area contributed by atoms with Gasteiger partial charge >= 0.3 is 0 Å². The van der Waals surface area contributed by atoms with E-state index in [-0.39, 0.29) is 18.6 Å². The number of aliphatic hydroxyl groups excluding tert-OH is 1. The molecule has 0 bridgehead atoms. The molecule has 0 aliphatic carbocycles. The molecule has 1 fully saturated rings. The Kier molecular flexibility index (Phi) is 4.82. The van der Waals surface area contributed by atoms with Crippen LogP contribution >= 0.6 is 0 Å². The number of nitrogens with zero attached hydrogens (tertiary/aromatic N) is 1. The highest BCUT2D eigenvalue weighted by Crippen LogP contribution is 2.22. The Bertz CT molecular complexity index is 683. The predicted octanol–water partition coefficient (Wildman–Crippen LogP) is 2.98. The molecule has 2 unspecified atom stereocenters. The zero-order valence-electron chi connectivity index (χ0n) is 13.4. The lowest BCUT2D eigenvalue weighted by Gasteiger charge is -2.37. The molecule has 0 aromatic heterocycles. The van der Waals surface area contributed by atoms with Crippen molar-refractivity contribution in [1.29, 1.82) is 0 Å². The van der Waals surface area contributed by atoms with E-state index in [0.717, 1.165) is 30.0 Å². The molecule has 1 aliphatic heterocycles. The van der Waals surface area contributed by atoms with Crippen molar-refractivity contribution in [2.75, 3.05) is 13.2 Å². The Morgan fingerprint density at radius 2 is 2.04 bits per heavy atom. The van der Waals surface area contributed by atoms with Crippen LogP contribution in [0.4, 0.5) is 0 Å². The number of hydrogen-bond donors (Lipinski definition) is 1. The fraction of sp³-hybridized carbons (Fsp3) is 0.421. The molecule has 1 saturated heterocycles. The average Bonchev–Trinajstić information content (AvgIpc) is 2.59. The highest BCUT2D eigenvalue weighted by Gasteiger charge is 2.29. The van der Waals surface area contributed by atoms with Crippen molar-refractivity contribution in [3.8, 4) is 5.75 Å². The van der Waals surface area contributed by atoms with Crippen molar-refractivity contribution < 1.29 is 14.6 Å². The fourth-order valence-electron chi connectivity index (χ4n) is 3.25. The van der Waals surface area contributed by atoms with Crippen LogP contribution < -0.4 is 4.74 Å². The van der Waals surface area contributed by atoms with E-state index in [9.17, 15) is 9.90 Å². The zero-order chi connectivity index (χ0) is 16.2. The van der Waals surface area contributed by atoms with Crippen LogP contribution in [0.2, 0.25) is 0 Å². The number of hydrogen-bond acceptors (Lipinski definition) is 3. The Morgan fingerprint density at radius 3 is 2.83 bits per heavy atom. The SMILES string of the molecule is CC(O)C1CCCCN1C(=O)COc1ccc2ccccc2c1. The molecule has 2 aromatic rings. The predicted molar refractivity (Wildman–Crippen MR) is 90.5 cm³/mol. The van der Waals surface area contributed by atoms with Gasteiger partial charge in [-0.15, -0.1) is 0 Å². The summed E-state index contributed by atoms with van der Waals surface area (Å²) in [4.78, 5) is 14.2. The average molecular weight is 313 g/mol. The Hall–Kier alpha value is -2.07. The lowest BCUT2D eigenvalue weighted by molar-refractivity contribution is -0.139. The van der Waals surface area contributed by atoms with Crippen LogP contribution in [0.15, 0.2) is 42.5 Å². The lowest BCUT2D eigenvalue weighted by atomic mass is 9.98. The standard InChI is InChI=1S/C19H23NO3/c1-14(21)18-8-4-5-11-20(18)19(22)13-23-17-10-9-15-6-2-3-7-16(15)12-17/h2-3,6-7,9-10,12,14,18,21H,4-5,8,11,13H2,1H3. The second-order valence-corrected chi connectivity index (χ2v) is 6.19. The molecule has 23 heavy (non-hydrogen) atoms. The Balaban J connectivity index is 1.65. The van der Waals surface area contributed by atoms with Crippen LogP contribution in [0.5, 0.6) is 5.75 Å². The smallest absolute Gasteiger partial charge is 0.260 e. The van der Waals surface area contributed by atoms with E-state index in [0.29, 0.717) is 12.3 Å². The van der Waals surface area contributed by atoms with E-state index < -0.39 is 6.10 Å². The third-order valence-corrected chi connectivity index (χ3v) is 4.51. The van der Waals surface area contributed by atoms with Crippen LogP contribution in [-0.4, -0.2) is 41.2 Å². The monoisotopic (exact) mass is 313 g/mol. The van der Waals surface area contributed by atoms with Crippen LogP contribution in [0.25, 0.3) is 10.8 Å².